The van der Waals surface area contributed by atoms with Gasteiger partial charge in [-0.3, -0.25) is 14.0 Å². The average molecular weight is 860 g/mol. The minimum absolute atomic E-state index is 0.146. The summed E-state index contributed by atoms with van der Waals surface area (Å²) in [5.41, 5.74) is 16.8. The summed E-state index contributed by atoms with van der Waals surface area (Å²) in [6, 6.07) is 57.5. The van der Waals surface area contributed by atoms with Crippen molar-refractivity contribution in [3.63, 3.8) is 0 Å². The number of fused-ring (bicyclic) bond motifs is 4. The third kappa shape index (κ3) is 7.04. The van der Waals surface area contributed by atoms with Gasteiger partial charge in [0.1, 0.15) is 17.6 Å². The number of pyridine rings is 1. The standard InChI is InChI=1S/C59H49N5O2/c1-58(2,3)44-30-42(29-43(31-44)48-33-41(27-28-61-48)38-19-12-8-13-20-38)45-23-16-24-50-54(45)62-57(53-55-51(66-52-35-60-36-63(52)55)34-47(56(53)65)59(4,5)6)64(50)49-26-25-40(37-17-10-7-11-18-37)32-46(49)39-21-14-9-15-22-39/h7-36,65H,1-6H3. The first-order chi connectivity index (χ1) is 31.9. The zero-order chi connectivity index (χ0) is 45.3. The van der Waals surface area contributed by atoms with Gasteiger partial charge in [-0.2, -0.15) is 0 Å². The molecule has 0 spiro atoms. The molecule has 11 aromatic rings. The van der Waals surface area contributed by atoms with Crippen molar-refractivity contribution in [2.75, 3.05) is 0 Å². The van der Waals surface area contributed by atoms with Gasteiger partial charge in [-0.05, 0) is 98.3 Å². The van der Waals surface area contributed by atoms with Crippen LogP contribution in [0, 0.1) is 0 Å². The molecule has 0 radical (unpaired) electrons. The maximum absolute atomic E-state index is 12.8. The van der Waals surface area contributed by atoms with Gasteiger partial charge in [0.2, 0.25) is 5.71 Å². The Labute approximate surface area is 384 Å². The second kappa shape index (κ2) is 15.6. The molecule has 11 rings (SSSR count). The van der Waals surface area contributed by atoms with Crippen LogP contribution in [0.4, 0.5) is 0 Å². The van der Waals surface area contributed by atoms with E-state index in [9.17, 15) is 5.11 Å². The van der Waals surface area contributed by atoms with Crippen molar-refractivity contribution < 1.29 is 9.52 Å². The van der Waals surface area contributed by atoms with Crippen molar-refractivity contribution in [3.8, 4) is 78.6 Å². The van der Waals surface area contributed by atoms with Crippen LogP contribution >= 0.6 is 0 Å². The van der Waals surface area contributed by atoms with Gasteiger partial charge in [0, 0.05) is 28.5 Å². The quantitative estimate of drug-likeness (QED) is 0.173. The third-order valence-electron chi connectivity index (χ3n) is 12.7. The van der Waals surface area contributed by atoms with Crippen LogP contribution in [0.3, 0.4) is 0 Å². The maximum Gasteiger partial charge on any atom is 0.224 e. The van der Waals surface area contributed by atoms with Crippen molar-refractivity contribution in [3.05, 3.63) is 194 Å². The maximum atomic E-state index is 12.8. The van der Waals surface area contributed by atoms with Crippen LogP contribution in [0.1, 0.15) is 52.7 Å². The van der Waals surface area contributed by atoms with Gasteiger partial charge >= 0.3 is 0 Å². The number of aromatic hydroxyl groups is 1. The molecule has 0 bridgehead atoms. The van der Waals surface area contributed by atoms with Gasteiger partial charge in [-0.25, -0.2) is 9.97 Å². The molecule has 0 amide bonds. The number of hydrogen-bond acceptors (Lipinski definition) is 5. The molecule has 0 unspecified atom stereocenters. The highest BCUT2D eigenvalue weighted by Crippen LogP contribution is 2.48. The summed E-state index contributed by atoms with van der Waals surface area (Å²) >= 11 is 0. The van der Waals surface area contributed by atoms with Gasteiger partial charge in [0.05, 0.1) is 34.2 Å². The number of nitrogens with zero attached hydrogens (tertiary/aromatic N) is 5. The number of phenols is 1. The van der Waals surface area contributed by atoms with E-state index in [1.807, 2.05) is 34.9 Å². The smallest absolute Gasteiger partial charge is 0.224 e. The molecule has 0 saturated heterocycles. The number of hydrogen-bond donors (Lipinski definition) is 1. The molecule has 7 heteroatoms. The Morgan fingerprint density at radius 3 is 1.91 bits per heavy atom. The lowest BCUT2D eigenvalue weighted by molar-refractivity contribution is 0.448. The number of para-hydroxylation sites is 1. The van der Waals surface area contributed by atoms with E-state index in [0.717, 1.165) is 78.0 Å². The molecule has 7 nitrogen and oxygen atoms in total. The van der Waals surface area contributed by atoms with Crippen LogP contribution in [0.2, 0.25) is 0 Å². The molecule has 0 aliphatic carbocycles. The molecule has 0 atom stereocenters. The van der Waals surface area contributed by atoms with Crippen LogP contribution in [-0.4, -0.2) is 29.0 Å². The van der Waals surface area contributed by atoms with Crippen LogP contribution < -0.4 is 0 Å². The van der Waals surface area contributed by atoms with E-state index in [1.54, 1.807) is 12.5 Å². The van der Waals surface area contributed by atoms with Crippen LogP contribution in [0.15, 0.2) is 187 Å². The molecule has 0 aliphatic rings. The minimum Gasteiger partial charge on any atom is -0.507 e. The van der Waals surface area contributed by atoms with E-state index in [-0.39, 0.29) is 11.2 Å². The molecular weight excluding hydrogens is 811 g/mol. The predicted molar refractivity (Wildman–Crippen MR) is 269 cm³/mol. The molecule has 0 fully saturated rings. The first kappa shape index (κ1) is 40.7. The first-order valence-corrected chi connectivity index (χ1v) is 22.5. The van der Waals surface area contributed by atoms with Crippen molar-refractivity contribution in [2.24, 2.45) is 0 Å². The summed E-state index contributed by atoms with van der Waals surface area (Å²) in [6.07, 6.45) is 5.34. The molecule has 322 valence electrons. The highest BCUT2D eigenvalue weighted by atomic mass is 16.3. The largest absolute Gasteiger partial charge is 0.507 e. The topological polar surface area (TPSA) is 81.4 Å². The van der Waals surface area contributed by atoms with E-state index in [0.29, 0.717) is 28.2 Å². The highest BCUT2D eigenvalue weighted by Gasteiger charge is 2.31. The monoisotopic (exact) mass is 859 g/mol. The van der Waals surface area contributed by atoms with E-state index >= 15 is 0 Å². The van der Waals surface area contributed by atoms with Crippen molar-refractivity contribution in [1.82, 2.24) is 23.9 Å². The first-order valence-electron chi connectivity index (χ1n) is 22.5. The Hall–Kier alpha value is -8.03. The summed E-state index contributed by atoms with van der Waals surface area (Å²) in [5, 5.41) is 12.8. The molecule has 66 heavy (non-hydrogen) atoms. The fourth-order valence-corrected chi connectivity index (χ4v) is 9.27. The van der Waals surface area contributed by atoms with Gasteiger partial charge < -0.3 is 9.52 Å². The highest BCUT2D eigenvalue weighted by molar-refractivity contribution is 6.02. The Balaban J connectivity index is 1.24. The van der Waals surface area contributed by atoms with E-state index in [2.05, 4.69) is 191 Å². The summed E-state index contributed by atoms with van der Waals surface area (Å²) in [6.45, 7) is 13.1. The molecule has 4 aromatic heterocycles. The number of phenolic OH excluding ortho intramolecular Hbond substituents is 1. The van der Waals surface area contributed by atoms with Crippen LogP contribution in [0.25, 0.3) is 101 Å². The lowest BCUT2D eigenvalue weighted by atomic mass is 9.83. The lowest BCUT2D eigenvalue weighted by Gasteiger charge is -2.23. The Morgan fingerprint density at radius 2 is 1.23 bits per heavy atom. The number of imidazole rings is 2. The third-order valence-corrected chi connectivity index (χ3v) is 12.7. The summed E-state index contributed by atoms with van der Waals surface area (Å²) < 4.78 is 10.6. The minimum atomic E-state index is -0.434. The van der Waals surface area contributed by atoms with Gasteiger partial charge in [0.15, 0.2) is 11.4 Å². The molecule has 0 saturated carbocycles. The fraction of sp³-hybridized carbons (Fsp3) is 0.136. The van der Waals surface area contributed by atoms with E-state index < -0.39 is 5.41 Å². The van der Waals surface area contributed by atoms with E-state index in [4.69, 9.17) is 14.4 Å². The molecule has 7 aromatic carbocycles. The van der Waals surface area contributed by atoms with Gasteiger partial charge in [0.25, 0.3) is 0 Å². The normalized spacial score (nSPS) is 12.2. The molecule has 0 aliphatic heterocycles. The number of oxazole rings is 1. The Bertz CT molecular complexity index is 3610. The summed E-state index contributed by atoms with van der Waals surface area (Å²) in [5.74, 6) is 0.726. The van der Waals surface area contributed by atoms with Gasteiger partial charge in [-0.1, -0.05) is 157 Å². The summed E-state index contributed by atoms with van der Waals surface area (Å²) in [4.78, 5) is 15.1. The zero-order valence-corrected chi connectivity index (χ0v) is 37.9. The van der Waals surface area contributed by atoms with Crippen molar-refractivity contribution in [1.29, 1.82) is 0 Å². The molecule has 1 N–H and O–H groups in total. The number of benzene rings is 7. The fourth-order valence-electron chi connectivity index (χ4n) is 9.27. The Morgan fingerprint density at radius 1 is 0.561 bits per heavy atom. The SMILES string of the molecule is CC(C)(C)c1cc(-c2cc(-c3ccccc3)ccn2)cc(-c2cccc3c2nc(-c2c(O)c(C(C)(C)C)cc4oc5cncn5c24)n3-c2ccc(-c3ccccc3)cc2-c2ccccc2)c1. The lowest BCUT2D eigenvalue weighted by Crippen LogP contribution is -2.12. The van der Waals surface area contributed by atoms with Gasteiger partial charge in [-0.15, -0.1) is 0 Å². The number of rotatable bonds is 7. The summed E-state index contributed by atoms with van der Waals surface area (Å²) in [7, 11) is 0. The predicted octanol–water partition coefficient (Wildman–Crippen LogP) is 15.1. The second-order valence-corrected chi connectivity index (χ2v) is 19.2. The second-order valence-electron chi connectivity index (χ2n) is 19.2. The molecular formula is C59H49N5O2. The number of aromatic nitrogens is 5. The Kier molecular flexibility index (Phi) is 9.62. The average Bonchev–Trinajstić information content (AvgIpc) is 4.05. The van der Waals surface area contributed by atoms with Crippen LogP contribution in [0.5, 0.6) is 5.75 Å². The molecule has 4 heterocycles. The van der Waals surface area contributed by atoms with Crippen molar-refractivity contribution in [2.45, 2.75) is 52.4 Å². The van der Waals surface area contributed by atoms with Crippen molar-refractivity contribution >= 4 is 27.8 Å². The van der Waals surface area contributed by atoms with E-state index in [1.165, 1.54) is 5.56 Å². The zero-order valence-electron chi connectivity index (χ0n) is 37.9. The van der Waals surface area contributed by atoms with Crippen LogP contribution in [-0.2, 0) is 10.8 Å².